The molecule has 7 nitrogen and oxygen atoms in total. The summed E-state index contributed by atoms with van der Waals surface area (Å²) in [6.45, 7) is 1.77. The Balaban J connectivity index is 1.25. The molecule has 1 aliphatic rings. The first kappa shape index (κ1) is 26.6. The molecular weight excluding hydrogens is 540 g/mol. The SMILES string of the molecule is COC(=O)C1(c2ccc(-c3ccc(-c4oc5ncccc5c4NC(=O)OC(C)c4ccccc4Cl)cc3)cc2)CC1. The zero-order valence-corrected chi connectivity index (χ0v) is 23.3. The Morgan fingerprint density at radius 2 is 1.59 bits per heavy atom. The fraction of sp³-hybridized carbons (Fsp3) is 0.182. The molecule has 1 N–H and O–H groups in total. The van der Waals surface area contributed by atoms with Crippen LogP contribution in [0.4, 0.5) is 10.5 Å². The lowest BCUT2D eigenvalue weighted by molar-refractivity contribution is -0.143. The molecule has 8 heteroatoms. The summed E-state index contributed by atoms with van der Waals surface area (Å²) in [5.74, 6) is 0.290. The second-order valence-corrected chi connectivity index (χ2v) is 10.5. The minimum Gasteiger partial charge on any atom is -0.468 e. The van der Waals surface area contributed by atoms with Gasteiger partial charge in [0.1, 0.15) is 11.8 Å². The van der Waals surface area contributed by atoms with Crippen molar-refractivity contribution >= 4 is 40.5 Å². The zero-order chi connectivity index (χ0) is 28.6. The topological polar surface area (TPSA) is 90.7 Å². The molecule has 1 unspecified atom stereocenters. The van der Waals surface area contributed by atoms with Gasteiger partial charge < -0.3 is 13.9 Å². The molecule has 2 heterocycles. The molecule has 1 fully saturated rings. The van der Waals surface area contributed by atoms with Crippen LogP contribution in [0.15, 0.2) is 95.5 Å². The second-order valence-electron chi connectivity index (χ2n) is 10.1. The van der Waals surface area contributed by atoms with Crippen molar-refractivity contribution in [3.8, 4) is 22.5 Å². The van der Waals surface area contributed by atoms with Gasteiger partial charge in [-0.2, -0.15) is 0 Å². The zero-order valence-electron chi connectivity index (χ0n) is 22.5. The summed E-state index contributed by atoms with van der Waals surface area (Å²) in [7, 11) is 1.43. The first-order chi connectivity index (χ1) is 19.9. The van der Waals surface area contributed by atoms with Crippen LogP contribution in [0.25, 0.3) is 33.6 Å². The van der Waals surface area contributed by atoms with Crippen molar-refractivity contribution in [3.63, 3.8) is 0 Å². The maximum absolute atomic E-state index is 13.0. The van der Waals surface area contributed by atoms with E-state index in [0.717, 1.165) is 35.1 Å². The van der Waals surface area contributed by atoms with E-state index >= 15 is 0 Å². The number of esters is 1. The summed E-state index contributed by atoms with van der Waals surface area (Å²) in [5.41, 5.74) is 4.84. The molecule has 5 aromatic rings. The number of rotatable bonds is 7. The van der Waals surface area contributed by atoms with Crippen LogP contribution in [-0.4, -0.2) is 24.2 Å². The maximum atomic E-state index is 13.0. The van der Waals surface area contributed by atoms with Gasteiger partial charge in [0.2, 0.25) is 5.71 Å². The quantitative estimate of drug-likeness (QED) is 0.199. The van der Waals surface area contributed by atoms with Gasteiger partial charge in [0.15, 0.2) is 5.76 Å². The number of ether oxygens (including phenoxy) is 2. The summed E-state index contributed by atoms with van der Waals surface area (Å²) in [5, 5.41) is 4.04. The van der Waals surface area contributed by atoms with Crippen LogP contribution < -0.4 is 5.32 Å². The summed E-state index contributed by atoms with van der Waals surface area (Å²) >= 11 is 6.28. The van der Waals surface area contributed by atoms with Crippen molar-refractivity contribution in [2.24, 2.45) is 0 Å². The predicted octanol–water partition coefficient (Wildman–Crippen LogP) is 8.33. The van der Waals surface area contributed by atoms with Crippen LogP contribution in [0.2, 0.25) is 5.02 Å². The molecule has 0 aliphatic heterocycles. The van der Waals surface area contributed by atoms with E-state index in [0.29, 0.717) is 33.1 Å². The van der Waals surface area contributed by atoms with E-state index in [1.54, 1.807) is 25.3 Å². The van der Waals surface area contributed by atoms with Gasteiger partial charge in [0.05, 0.1) is 17.9 Å². The van der Waals surface area contributed by atoms with Crippen LogP contribution in [0.5, 0.6) is 0 Å². The van der Waals surface area contributed by atoms with Crippen LogP contribution in [-0.2, 0) is 19.7 Å². The summed E-state index contributed by atoms with van der Waals surface area (Å²) < 4.78 is 16.7. The third kappa shape index (κ3) is 5.05. The van der Waals surface area contributed by atoms with Crippen molar-refractivity contribution in [3.05, 3.63) is 107 Å². The molecule has 41 heavy (non-hydrogen) atoms. The number of pyridine rings is 1. The third-order valence-corrected chi connectivity index (χ3v) is 7.91. The number of hydrogen-bond acceptors (Lipinski definition) is 6. The minimum absolute atomic E-state index is 0.179. The average molecular weight is 567 g/mol. The van der Waals surface area contributed by atoms with Crippen molar-refractivity contribution in [1.82, 2.24) is 4.98 Å². The van der Waals surface area contributed by atoms with Gasteiger partial charge in [-0.05, 0) is 54.7 Å². The number of carbonyl (C=O) groups excluding carboxylic acids is 2. The van der Waals surface area contributed by atoms with E-state index in [-0.39, 0.29) is 5.97 Å². The van der Waals surface area contributed by atoms with Gasteiger partial charge in [-0.1, -0.05) is 78.3 Å². The number of nitrogens with zero attached hydrogens (tertiary/aromatic N) is 1. The minimum atomic E-state index is -0.637. The summed E-state index contributed by atoms with van der Waals surface area (Å²) in [6.07, 6.45) is 2.06. The fourth-order valence-electron chi connectivity index (χ4n) is 5.15. The Labute approximate surface area is 242 Å². The molecule has 6 rings (SSSR count). The van der Waals surface area contributed by atoms with Gasteiger partial charge in [-0.25, -0.2) is 9.78 Å². The second kappa shape index (κ2) is 10.7. The van der Waals surface area contributed by atoms with Crippen molar-refractivity contribution < 1.29 is 23.5 Å². The highest BCUT2D eigenvalue weighted by Crippen LogP contribution is 2.49. The maximum Gasteiger partial charge on any atom is 0.412 e. The number of anilines is 1. The van der Waals surface area contributed by atoms with Gasteiger partial charge in [0, 0.05) is 22.3 Å². The lowest BCUT2D eigenvalue weighted by Gasteiger charge is -2.15. The van der Waals surface area contributed by atoms with E-state index in [1.807, 2.05) is 72.8 Å². The average Bonchev–Trinajstić information content (AvgIpc) is 3.74. The Morgan fingerprint density at radius 1 is 0.927 bits per heavy atom. The van der Waals surface area contributed by atoms with E-state index in [2.05, 4.69) is 10.3 Å². The fourth-order valence-corrected chi connectivity index (χ4v) is 5.44. The van der Waals surface area contributed by atoms with Crippen LogP contribution in [0, 0.1) is 0 Å². The molecule has 206 valence electrons. The van der Waals surface area contributed by atoms with E-state index in [4.69, 9.17) is 25.5 Å². The molecule has 0 saturated heterocycles. The highest BCUT2D eigenvalue weighted by Gasteiger charge is 2.52. The Kier molecular flexibility index (Phi) is 6.97. The molecule has 0 spiro atoms. The first-order valence-electron chi connectivity index (χ1n) is 13.3. The van der Waals surface area contributed by atoms with Crippen LogP contribution in [0.3, 0.4) is 0 Å². The lowest BCUT2D eigenvalue weighted by Crippen LogP contribution is -2.21. The number of benzene rings is 3. The van der Waals surface area contributed by atoms with Gasteiger partial charge in [0.25, 0.3) is 0 Å². The predicted molar refractivity (Wildman–Crippen MR) is 158 cm³/mol. The first-order valence-corrected chi connectivity index (χ1v) is 13.7. The molecule has 1 aliphatic carbocycles. The number of fused-ring (bicyclic) bond motifs is 1. The molecule has 1 amide bonds. The van der Waals surface area contributed by atoms with Crippen LogP contribution >= 0.6 is 11.6 Å². The number of methoxy groups -OCH3 is 1. The van der Waals surface area contributed by atoms with E-state index < -0.39 is 17.6 Å². The third-order valence-electron chi connectivity index (χ3n) is 7.56. The standard InChI is InChI=1S/C33H27ClN2O5/c1-20(25-6-3-4-8-27(25)34)40-32(38)36-28-26-7-5-19-35-30(26)41-29(28)23-11-9-21(10-12-23)22-13-15-24(16-14-22)33(17-18-33)31(37)39-2/h3-16,19-20H,17-18H2,1-2H3,(H,36,38). The largest absolute Gasteiger partial charge is 0.468 e. The van der Waals surface area contributed by atoms with Crippen molar-refractivity contribution in [2.45, 2.75) is 31.3 Å². The highest BCUT2D eigenvalue weighted by molar-refractivity contribution is 6.31. The number of furan rings is 1. The number of halogens is 1. The monoisotopic (exact) mass is 566 g/mol. The number of carbonyl (C=O) groups is 2. The molecule has 2 aromatic heterocycles. The van der Waals surface area contributed by atoms with E-state index in [9.17, 15) is 9.59 Å². The number of nitrogens with one attached hydrogen (secondary N) is 1. The summed E-state index contributed by atoms with van der Waals surface area (Å²) in [4.78, 5) is 29.5. The van der Waals surface area contributed by atoms with Gasteiger partial charge >= 0.3 is 12.1 Å². The van der Waals surface area contributed by atoms with Gasteiger partial charge in [-0.15, -0.1) is 0 Å². The van der Waals surface area contributed by atoms with Crippen molar-refractivity contribution in [1.29, 1.82) is 0 Å². The smallest absolute Gasteiger partial charge is 0.412 e. The number of amides is 1. The van der Waals surface area contributed by atoms with Crippen LogP contribution in [0.1, 0.15) is 37.0 Å². The molecule has 0 bridgehead atoms. The normalized spacial score (nSPS) is 14.3. The van der Waals surface area contributed by atoms with E-state index in [1.165, 1.54) is 7.11 Å². The summed E-state index contributed by atoms with van der Waals surface area (Å²) in [6, 6.07) is 26.7. The molecule has 1 atom stereocenters. The van der Waals surface area contributed by atoms with Crippen molar-refractivity contribution in [2.75, 3.05) is 12.4 Å². The lowest BCUT2D eigenvalue weighted by atomic mass is 9.93. The molecule has 0 radical (unpaired) electrons. The number of hydrogen-bond donors (Lipinski definition) is 1. The van der Waals surface area contributed by atoms with Gasteiger partial charge in [-0.3, -0.25) is 10.1 Å². The Morgan fingerprint density at radius 3 is 2.24 bits per heavy atom. The Hall–Kier alpha value is -4.62. The molecular formula is C33H27ClN2O5. The highest BCUT2D eigenvalue weighted by atomic mass is 35.5. The molecule has 1 saturated carbocycles. The molecule has 3 aromatic carbocycles. The Bertz CT molecular complexity index is 1740. The number of aromatic nitrogens is 1.